The number of anilines is 1. The Balaban J connectivity index is 1.43. The van der Waals surface area contributed by atoms with Crippen LogP contribution in [0.15, 0.2) is 48.8 Å². The molecule has 0 atom stereocenters. The van der Waals surface area contributed by atoms with Crippen molar-refractivity contribution in [2.45, 2.75) is 33.1 Å². The molecule has 7 heteroatoms. The zero-order chi connectivity index (χ0) is 17.9. The number of carbonyl (C=O) groups is 1. The second kappa shape index (κ2) is 7.13. The summed E-state index contributed by atoms with van der Waals surface area (Å²) in [7, 11) is 0. The van der Waals surface area contributed by atoms with E-state index in [9.17, 15) is 4.79 Å². The fraction of sp³-hybridized carbons (Fsp3) is 0.316. The molecule has 0 bridgehead atoms. The number of imidazole rings is 1. The molecular formula is C19H22N6O. The van der Waals surface area contributed by atoms with Crippen molar-refractivity contribution < 1.29 is 4.79 Å². The van der Waals surface area contributed by atoms with Crippen molar-refractivity contribution in [1.82, 2.24) is 24.2 Å². The molecule has 0 spiro atoms. The Morgan fingerprint density at radius 2 is 2.08 bits per heavy atom. The van der Waals surface area contributed by atoms with Gasteiger partial charge < -0.3 is 9.88 Å². The van der Waals surface area contributed by atoms with E-state index < -0.39 is 0 Å². The fourth-order valence-corrected chi connectivity index (χ4v) is 3.30. The van der Waals surface area contributed by atoms with Crippen molar-refractivity contribution in [3.05, 3.63) is 65.9 Å². The maximum Gasteiger partial charge on any atom is 0.292 e. The topological polar surface area (TPSA) is 68.0 Å². The van der Waals surface area contributed by atoms with Crippen LogP contribution in [0.3, 0.4) is 0 Å². The van der Waals surface area contributed by atoms with Gasteiger partial charge in [-0.2, -0.15) is 5.10 Å². The molecule has 0 radical (unpaired) electrons. The van der Waals surface area contributed by atoms with E-state index in [1.807, 2.05) is 28.3 Å². The number of amides is 1. The summed E-state index contributed by atoms with van der Waals surface area (Å²) in [6.07, 6.45) is 3.44. The third-order valence-electron chi connectivity index (χ3n) is 4.63. The lowest BCUT2D eigenvalue weighted by Crippen LogP contribution is -2.33. The molecule has 3 aromatic rings. The van der Waals surface area contributed by atoms with Crippen LogP contribution in [0.25, 0.3) is 0 Å². The molecule has 3 heterocycles. The first-order chi connectivity index (χ1) is 12.7. The highest BCUT2D eigenvalue weighted by molar-refractivity contribution is 6.01. The van der Waals surface area contributed by atoms with E-state index in [2.05, 4.69) is 44.6 Å². The van der Waals surface area contributed by atoms with Crippen LogP contribution in [-0.4, -0.2) is 36.7 Å². The number of benzene rings is 1. The van der Waals surface area contributed by atoms with E-state index in [1.165, 1.54) is 5.56 Å². The largest absolute Gasteiger partial charge is 0.327 e. The SMILES string of the molecule is CCn1ccnc1C(=O)Nc1cc2n(n1)CCN(Cc1ccccc1)C2. The molecule has 1 aromatic carbocycles. The van der Waals surface area contributed by atoms with Gasteiger partial charge >= 0.3 is 0 Å². The molecule has 2 aromatic heterocycles. The van der Waals surface area contributed by atoms with Gasteiger partial charge in [0, 0.05) is 44.6 Å². The number of nitrogens with one attached hydrogen (secondary N) is 1. The summed E-state index contributed by atoms with van der Waals surface area (Å²) in [6, 6.07) is 12.4. The Morgan fingerprint density at radius 1 is 1.23 bits per heavy atom. The molecule has 26 heavy (non-hydrogen) atoms. The highest BCUT2D eigenvalue weighted by Gasteiger charge is 2.20. The highest BCUT2D eigenvalue weighted by Crippen LogP contribution is 2.19. The second-order valence-electron chi connectivity index (χ2n) is 6.43. The van der Waals surface area contributed by atoms with Crippen LogP contribution in [0.5, 0.6) is 0 Å². The number of nitrogens with zero attached hydrogens (tertiary/aromatic N) is 5. The average molecular weight is 350 g/mol. The maximum atomic E-state index is 12.4. The quantitative estimate of drug-likeness (QED) is 0.767. The van der Waals surface area contributed by atoms with Gasteiger partial charge in [-0.15, -0.1) is 0 Å². The Labute approximate surface area is 152 Å². The number of hydrogen-bond donors (Lipinski definition) is 1. The monoisotopic (exact) mass is 350 g/mol. The summed E-state index contributed by atoms with van der Waals surface area (Å²) in [5, 5.41) is 7.39. The molecule has 0 saturated carbocycles. The predicted molar refractivity (Wildman–Crippen MR) is 98.6 cm³/mol. The van der Waals surface area contributed by atoms with Crippen LogP contribution in [-0.2, 0) is 26.2 Å². The Bertz CT molecular complexity index is 898. The first-order valence-electron chi connectivity index (χ1n) is 8.88. The average Bonchev–Trinajstić information content (AvgIpc) is 3.28. The molecule has 1 amide bonds. The van der Waals surface area contributed by atoms with Crippen molar-refractivity contribution in [2.75, 3.05) is 11.9 Å². The van der Waals surface area contributed by atoms with Crippen LogP contribution in [0.2, 0.25) is 0 Å². The number of aromatic nitrogens is 4. The summed E-state index contributed by atoms with van der Waals surface area (Å²) in [6.45, 7) is 6.19. The van der Waals surface area contributed by atoms with Gasteiger partial charge in [-0.25, -0.2) is 4.98 Å². The van der Waals surface area contributed by atoms with E-state index in [4.69, 9.17) is 0 Å². The van der Waals surface area contributed by atoms with Crippen molar-refractivity contribution >= 4 is 11.7 Å². The molecule has 1 N–H and O–H groups in total. The molecule has 0 saturated heterocycles. The van der Waals surface area contributed by atoms with E-state index >= 15 is 0 Å². The summed E-state index contributed by atoms with van der Waals surface area (Å²) in [4.78, 5) is 18.9. The third kappa shape index (κ3) is 3.39. The molecule has 134 valence electrons. The first kappa shape index (κ1) is 16.5. The fourth-order valence-electron chi connectivity index (χ4n) is 3.30. The third-order valence-corrected chi connectivity index (χ3v) is 4.63. The van der Waals surface area contributed by atoms with Gasteiger partial charge in [0.15, 0.2) is 11.6 Å². The lowest BCUT2D eigenvalue weighted by molar-refractivity contribution is 0.101. The van der Waals surface area contributed by atoms with Crippen LogP contribution in [0.1, 0.15) is 28.8 Å². The maximum absolute atomic E-state index is 12.4. The van der Waals surface area contributed by atoms with E-state index in [0.717, 1.165) is 31.9 Å². The zero-order valence-electron chi connectivity index (χ0n) is 14.8. The summed E-state index contributed by atoms with van der Waals surface area (Å²) >= 11 is 0. The predicted octanol–water partition coefficient (Wildman–Crippen LogP) is 2.37. The minimum atomic E-state index is -0.228. The lowest BCUT2D eigenvalue weighted by Gasteiger charge is -2.27. The molecule has 1 aliphatic heterocycles. The minimum absolute atomic E-state index is 0.228. The highest BCUT2D eigenvalue weighted by atomic mass is 16.2. The summed E-state index contributed by atoms with van der Waals surface area (Å²) in [5.41, 5.74) is 2.42. The second-order valence-corrected chi connectivity index (χ2v) is 6.43. The number of fused-ring (bicyclic) bond motifs is 1. The number of aryl methyl sites for hydroxylation is 1. The van der Waals surface area contributed by atoms with Crippen LogP contribution < -0.4 is 5.32 Å². The van der Waals surface area contributed by atoms with Gasteiger partial charge in [-0.1, -0.05) is 30.3 Å². The summed E-state index contributed by atoms with van der Waals surface area (Å²) < 4.78 is 3.79. The van der Waals surface area contributed by atoms with Gasteiger partial charge in [-0.3, -0.25) is 14.4 Å². The van der Waals surface area contributed by atoms with Crippen molar-refractivity contribution in [1.29, 1.82) is 0 Å². The van der Waals surface area contributed by atoms with Crippen molar-refractivity contribution in [3.63, 3.8) is 0 Å². The Kier molecular flexibility index (Phi) is 4.53. The van der Waals surface area contributed by atoms with Gasteiger partial charge in [0.1, 0.15) is 0 Å². The van der Waals surface area contributed by atoms with Crippen LogP contribution >= 0.6 is 0 Å². The minimum Gasteiger partial charge on any atom is -0.327 e. The van der Waals surface area contributed by atoms with Gasteiger partial charge in [0.25, 0.3) is 5.91 Å². The van der Waals surface area contributed by atoms with Gasteiger partial charge in [0.2, 0.25) is 0 Å². The number of rotatable bonds is 5. The lowest BCUT2D eigenvalue weighted by atomic mass is 10.2. The molecule has 1 aliphatic rings. The number of carbonyl (C=O) groups excluding carboxylic acids is 1. The van der Waals surface area contributed by atoms with E-state index in [-0.39, 0.29) is 5.91 Å². The van der Waals surface area contributed by atoms with Crippen molar-refractivity contribution in [3.8, 4) is 0 Å². The van der Waals surface area contributed by atoms with E-state index in [0.29, 0.717) is 18.2 Å². The Morgan fingerprint density at radius 3 is 2.88 bits per heavy atom. The molecule has 7 nitrogen and oxygen atoms in total. The van der Waals surface area contributed by atoms with Crippen LogP contribution in [0, 0.1) is 0 Å². The molecule has 0 aliphatic carbocycles. The molecule has 4 rings (SSSR count). The molecular weight excluding hydrogens is 328 g/mol. The zero-order valence-corrected chi connectivity index (χ0v) is 14.8. The Hall–Kier alpha value is -2.93. The summed E-state index contributed by atoms with van der Waals surface area (Å²) in [5.74, 6) is 0.759. The normalized spacial score (nSPS) is 14.2. The van der Waals surface area contributed by atoms with Gasteiger partial charge in [-0.05, 0) is 12.5 Å². The molecule has 0 fully saturated rings. The number of hydrogen-bond acceptors (Lipinski definition) is 4. The first-order valence-corrected chi connectivity index (χ1v) is 8.88. The van der Waals surface area contributed by atoms with Crippen LogP contribution in [0.4, 0.5) is 5.82 Å². The van der Waals surface area contributed by atoms with E-state index in [1.54, 1.807) is 12.4 Å². The smallest absolute Gasteiger partial charge is 0.292 e. The standard InChI is InChI=1S/C19H22N6O/c1-2-24-9-8-20-18(24)19(26)21-17-12-16-14-23(10-11-25(16)22-17)13-15-6-4-3-5-7-15/h3-9,12H,2,10-11,13-14H2,1H3,(H,21,22,26). The van der Waals surface area contributed by atoms with Crippen molar-refractivity contribution in [2.24, 2.45) is 0 Å². The molecule has 0 unspecified atom stereocenters. The van der Waals surface area contributed by atoms with Gasteiger partial charge in [0.05, 0.1) is 12.2 Å².